The van der Waals surface area contributed by atoms with E-state index in [4.69, 9.17) is 0 Å². The monoisotopic (exact) mass is 262 g/mol. The van der Waals surface area contributed by atoms with E-state index in [1.165, 1.54) is 0 Å². The second-order valence-electron chi connectivity index (χ2n) is 4.56. The molecule has 0 N–H and O–H groups in total. The number of aromatic nitrogens is 2. The van der Waals surface area contributed by atoms with E-state index in [0.29, 0.717) is 5.69 Å². The van der Waals surface area contributed by atoms with Crippen molar-refractivity contribution in [3.05, 3.63) is 89.7 Å². The molecule has 0 aliphatic carbocycles. The molecule has 2 aromatic carbocycles. The van der Waals surface area contributed by atoms with Crippen LogP contribution in [0.3, 0.4) is 0 Å². The Hall–Kier alpha value is -2.68. The fourth-order valence-corrected chi connectivity index (χ4v) is 2.33. The molecule has 0 bridgehead atoms. The van der Waals surface area contributed by atoms with Crippen LogP contribution in [-0.2, 0) is 0 Å². The smallest absolute Gasteiger partial charge is 0.170 e. The first kappa shape index (κ1) is 12.4. The van der Waals surface area contributed by atoms with Crippen molar-refractivity contribution in [1.29, 1.82) is 0 Å². The van der Waals surface area contributed by atoms with Crippen LogP contribution in [0.2, 0.25) is 0 Å². The minimum atomic E-state index is -0.0221. The van der Waals surface area contributed by atoms with Gasteiger partial charge < -0.3 is 0 Å². The van der Waals surface area contributed by atoms with E-state index in [9.17, 15) is 4.79 Å². The van der Waals surface area contributed by atoms with Crippen LogP contribution in [0.5, 0.6) is 0 Å². The first-order chi connectivity index (χ1) is 9.88. The maximum absolute atomic E-state index is 10.8. The molecule has 0 amide bonds. The van der Waals surface area contributed by atoms with Gasteiger partial charge in [0.15, 0.2) is 6.29 Å². The van der Waals surface area contributed by atoms with Gasteiger partial charge in [-0.1, -0.05) is 60.7 Å². The van der Waals surface area contributed by atoms with Gasteiger partial charge in [0.2, 0.25) is 0 Å². The summed E-state index contributed by atoms with van der Waals surface area (Å²) >= 11 is 0. The lowest BCUT2D eigenvalue weighted by Gasteiger charge is -2.18. The van der Waals surface area contributed by atoms with Crippen molar-refractivity contribution in [2.24, 2.45) is 0 Å². The van der Waals surface area contributed by atoms with E-state index in [0.717, 1.165) is 17.4 Å². The summed E-state index contributed by atoms with van der Waals surface area (Å²) in [6, 6.07) is 22.0. The molecule has 3 aromatic rings. The van der Waals surface area contributed by atoms with Gasteiger partial charge in [-0.05, 0) is 17.2 Å². The van der Waals surface area contributed by atoms with Crippen molar-refractivity contribution in [3.8, 4) is 0 Å². The van der Waals surface area contributed by atoms with Gasteiger partial charge in [-0.2, -0.15) is 5.10 Å². The molecule has 1 heterocycles. The zero-order chi connectivity index (χ0) is 13.8. The topological polar surface area (TPSA) is 34.9 Å². The highest BCUT2D eigenvalue weighted by molar-refractivity contribution is 5.71. The van der Waals surface area contributed by atoms with Crippen LogP contribution in [-0.4, -0.2) is 16.1 Å². The van der Waals surface area contributed by atoms with Crippen LogP contribution in [0.25, 0.3) is 0 Å². The van der Waals surface area contributed by atoms with E-state index < -0.39 is 0 Å². The average molecular weight is 262 g/mol. The summed E-state index contributed by atoms with van der Waals surface area (Å²) in [7, 11) is 0. The third-order valence-electron chi connectivity index (χ3n) is 3.24. The van der Waals surface area contributed by atoms with E-state index in [-0.39, 0.29) is 6.04 Å². The van der Waals surface area contributed by atoms with Crippen LogP contribution in [0.4, 0.5) is 0 Å². The van der Waals surface area contributed by atoms with Crippen LogP contribution < -0.4 is 0 Å². The number of rotatable bonds is 4. The third kappa shape index (κ3) is 2.38. The molecular weight excluding hydrogens is 248 g/mol. The average Bonchev–Trinajstić information content (AvgIpc) is 2.98. The zero-order valence-corrected chi connectivity index (χ0v) is 10.9. The quantitative estimate of drug-likeness (QED) is 0.676. The molecule has 0 saturated heterocycles. The van der Waals surface area contributed by atoms with Gasteiger partial charge >= 0.3 is 0 Å². The van der Waals surface area contributed by atoms with Crippen molar-refractivity contribution >= 4 is 6.29 Å². The highest BCUT2D eigenvalue weighted by atomic mass is 16.1. The molecule has 0 aliphatic heterocycles. The largest absolute Gasteiger partial charge is 0.296 e. The SMILES string of the molecule is O=Cc1ccn(C(c2ccccc2)c2ccccc2)n1. The van der Waals surface area contributed by atoms with Crippen molar-refractivity contribution < 1.29 is 4.79 Å². The van der Waals surface area contributed by atoms with Gasteiger partial charge in [-0.25, -0.2) is 0 Å². The molecule has 0 spiro atoms. The third-order valence-corrected chi connectivity index (χ3v) is 3.24. The second-order valence-corrected chi connectivity index (χ2v) is 4.56. The number of nitrogens with zero attached hydrogens (tertiary/aromatic N) is 2. The van der Waals surface area contributed by atoms with Crippen LogP contribution >= 0.6 is 0 Å². The lowest BCUT2D eigenvalue weighted by molar-refractivity contribution is 0.111. The summed E-state index contributed by atoms with van der Waals surface area (Å²) in [4.78, 5) is 10.8. The molecule has 0 saturated carbocycles. The summed E-state index contributed by atoms with van der Waals surface area (Å²) in [5.41, 5.74) is 2.72. The van der Waals surface area contributed by atoms with Gasteiger partial charge in [0, 0.05) is 6.20 Å². The fourth-order valence-electron chi connectivity index (χ4n) is 2.33. The van der Waals surface area contributed by atoms with Gasteiger partial charge in [-0.15, -0.1) is 0 Å². The van der Waals surface area contributed by atoms with Gasteiger partial charge in [0.1, 0.15) is 11.7 Å². The first-order valence-corrected chi connectivity index (χ1v) is 6.49. The summed E-state index contributed by atoms with van der Waals surface area (Å²) < 4.78 is 1.83. The van der Waals surface area contributed by atoms with Crippen LogP contribution in [0.15, 0.2) is 72.9 Å². The highest BCUT2D eigenvalue weighted by Crippen LogP contribution is 2.25. The standard InChI is InChI=1S/C17H14N2O/c20-13-16-11-12-19(18-16)17(14-7-3-1-4-8-14)15-9-5-2-6-10-15/h1-13,17H. The molecule has 1 aromatic heterocycles. The minimum absolute atomic E-state index is 0.0221. The van der Waals surface area contributed by atoms with E-state index >= 15 is 0 Å². The van der Waals surface area contributed by atoms with Gasteiger partial charge in [0.05, 0.1) is 0 Å². The van der Waals surface area contributed by atoms with Crippen molar-refractivity contribution in [3.63, 3.8) is 0 Å². The second kappa shape index (κ2) is 5.53. The number of hydrogen-bond donors (Lipinski definition) is 0. The normalized spacial score (nSPS) is 10.7. The van der Waals surface area contributed by atoms with Crippen molar-refractivity contribution in [2.75, 3.05) is 0 Å². The molecule has 0 fully saturated rings. The molecule has 3 nitrogen and oxygen atoms in total. The van der Waals surface area contributed by atoms with E-state index in [1.807, 2.05) is 47.3 Å². The Kier molecular flexibility index (Phi) is 3.42. The molecule has 98 valence electrons. The summed E-state index contributed by atoms with van der Waals surface area (Å²) in [5, 5.41) is 4.33. The fraction of sp³-hybridized carbons (Fsp3) is 0.0588. The number of carbonyl (C=O) groups excluding carboxylic acids is 1. The van der Waals surface area contributed by atoms with Gasteiger partial charge in [0.25, 0.3) is 0 Å². The Morgan fingerprint density at radius 1 is 0.850 bits per heavy atom. The molecule has 3 rings (SSSR count). The predicted molar refractivity (Wildman–Crippen MR) is 77.7 cm³/mol. The number of hydrogen-bond acceptors (Lipinski definition) is 2. The maximum Gasteiger partial charge on any atom is 0.170 e. The molecule has 0 aliphatic rings. The summed E-state index contributed by atoms with van der Waals surface area (Å²) in [6.07, 6.45) is 2.61. The summed E-state index contributed by atoms with van der Waals surface area (Å²) in [5.74, 6) is 0. The lowest BCUT2D eigenvalue weighted by atomic mass is 9.99. The Balaban J connectivity index is 2.11. The number of carbonyl (C=O) groups is 1. The highest BCUT2D eigenvalue weighted by Gasteiger charge is 2.16. The Morgan fingerprint density at radius 2 is 1.40 bits per heavy atom. The Bertz CT molecular complexity index is 650. The first-order valence-electron chi connectivity index (χ1n) is 6.49. The molecule has 3 heteroatoms. The molecule has 20 heavy (non-hydrogen) atoms. The van der Waals surface area contributed by atoms with Gasteiger partial charge in [-0.3, -0.25) is 9.48 Å². The number of aldehydes is 1. The van der Waals surface area contributed by atoms with E-state index in [1.54, 1.807) is 6.07 Å². The summed E-state index contributed by atoms with van der Waals surface area (Å²) in [6.45, 7) is 0. The Labute approximate surface area is 117 Å². The van der Waals surface area contributed by atoms with Crippen molar-refractivity contribution in [2.45, 2.75) is 6.04 Å². The lowest BCUT2D eigenvalue weighted by Crippen LogP contribution is -2.13. The van der Waals surface area contributed by atoms with E-state index in [2.05, 4.69) is 29.4 Å². The van der Waals surface area contributed by atoms with Crippen molar-refractivity contribution in [1.82, 2.24) is 9.78 Å². The Morgan fingerprint density at radius 3 is 1.85 bits per heavy atom. The molecular formula is C17H14N2O. The molecule has 0 atom stereocenters. The van der Waals surface area contributed by atoms with Crippen LogP contribution in [0.1, 0.15) is 27.7 Å². The maximum atomic E-state index is 10.8. The number of benzene rings is 2. The zero-order valence-electron chi connectivity index (χ0n) is 10.9. The molecule has 0 unspecified atom stereocenters. The predicted octanol–water partition coefficient (Wildman–Crippen LogP) is 3.33. The minimum Gasteiger partial charge on any atom is -0.296 e. The van der Waals surface area contributed by atoms with Crippen LogP contribution in [0, 0.1) is 0 Å². The molecule has 0 radical (unpaired) electrons.